The lowest BCUT2D eigenvalue weighted by Gasteiger charge is -2.10. The summed E-state index contributed by atoms with van der Waals surface area (Å²) in [4.78, 5) is 2.15. The predicted molar refractivity (Wildman–Crippen MR) is 58.5 cm³/mol. The first-order chi connectivity index (χ1) is 5.74. The lowest BCUT2D eigenvalue weighted by atomic mass is 10.4. The van der Waals surface area contributed by atoms with Crippen LogP contribution in [0.15, 0.2) is 5.10 Å². The number of thiocarbonyl (C=S) groups is 1. The molecule has 1 saturated heterocycles. The molecule has 0 aromatic carbocycles. The number of likely N-dealkylation sites (tertiary alicyclic amines) is 1. The summed E-state index contributed by atoms with van der Waals surface area (Å²) in [6, 6.07) is 0. The van der Waals surface area contributed by atoms with Crippen molar-refractivity contribution in [1.82, 2.24) is 10.3 Å². The number of nitrogens with one attached hydrogen (secondary N) is 1. The van der Waals surface area contributed by atoms with Crippen molar-refractivity contribution < 1.29 is 0 Å². The van der Waals surface area contributed by atoms with E-state index >= 15 is 0 Å². The molecule has 0 saturated carbocycles. The van der Waals surface area contributed by atoms with Crippen LogP contribution in [0, 0.1) is 0 Å². The fraction of sp³-hybridized carbons (Fsp3) is 0.714. The van der Waals surface area contributed by atoms with Gasteiger partial charge in [0.1, 0.15) is 5.84 Å². The number of hydrogen-bond donors (Lipinski definition) is 1. The Morgan fingerprint density at radius 1 is 1.75 bits per heavy atom. The van der Waals surface area contributed by atoms with Crippen molar-refractivity contribution in [1.29, 1.82) is 0 Å². The van der Waals surface area contributed by atoms with Crippen LogP contribution in [0.5, 0.6) is 0 Å². The van der Waals surface area contributed by atoms with Gasteiger partial charge in [-0.15, -0.1) is 0 Å². The average molecular weight is 203 g/mol. The Morgan fingerprint density at radius 3 is 3.00 bits per heavy atom. The molecule has 1 fully saturated rings. The Morgan fingerprint density at radius 2 is 2.50 bits per heavy atom. The molecule has 12 heavy (non-hydrogen) atoms. The second-order valence-corrected chi connectivity index (χ2v) is 4.14. The van der Waals surface area contributed by atoms with E-state index in [4.69, 9.17) is 12.2 Å². The van der Waals surface area contributed by atoms with Crippen LogP contribution in [-0.4, -0.2) is 34.9 Å². The van der Waals surface area contributed by atoms with Crippen LogP contribution in [0.1, 0.15) is 12.8 Å². The largest absolute Gasteiger partial charge is 0.362 e. The molecular weight excluding hydrogens is 190 g/mol. The van der Waals surface area contributed by atoms with E-state index < -0.39 is 0 Å². The molecule has 1 aliphatic heterocycles. The smallest absolute Gasteiger partial charge is 0.153 e. The monoisotopic (exact) mass is 203 g/mol. The average Bonchev–Trinajstić information content (AvgIpc) is 2.47. The first-order valence-corrected chi connectivity index (χ1v) is 5.49. The van der Waals surface area contributed by atoms with E-state index in [1.165, 1.54) is 18.2 Å². The van der Waals surface area contributed by atoms with Crippen molar-refractivity contribution in [3.8, 4) is 0 Å². The second kappa shape index (κ2) is 4.67. The minimum atomic E-state index is 0.725. The van der Waals surface area contributed by atoms with Gasteiger partial charge >= 0.3 is 0 Å². The van der Waals surface area contributed by atoms with E-state index in [0.29, 0.717) is 0 Å². The highest BCUT2D eigenvalue weighted by Gasteiger charge is 2.13. The van der Waals surface area contributed by atoms with E-state index in [9.17, 15) is 0 Å². The molecule has 1 aliphatic rings. The first kappa shape index (κ1) is 9.80. The topological polar surface area (TPSA) is 27.6 Å². The van der Waals surface area contributed by atoms with Crippen LogP contribution in [0.4, 0.5) is 0 Å². The van der Waals surface area contributed by atoms with E-state index in [0.717, 1.165) is 23.1 Å². The van der Waals surface area contributed by atoms with Gasteiger partial charge in [-0.05, 0) is 12.7 Å². The van der Waals surface area contributed by atoms with Gasteiger partial charge in [0.2, 0.25) is 0 Å². The van der Waals surface area contributed by atoms with Crippen molar-refractivity contribution in [3.63, 3.8) is 0 Å². The van der Waals surface area contributed by atoms with Gasteiger partial charge in [-0.3, -0.25) is 5.43 Å². The molecule has 0 aromatic rings. The maximum absolute atomic E-state index is 4.95. The highest BCUT2D eigenvalue weighted by molar-refractivity contribution is 8.22. The molecule has 0 amide bonds. The van der Waals surface area contributed by atoms with Gasteiger partial charge in [0.05, 0.1) is 0 Å². The maximum atomic E-state index is 4.95. The van der Waals surface area contributed by atoms with Crippen LogP contribution >= 0.6 is 24.0 Å². The molecule has 0 spiro atoms. The number of hydrazone groups is 1. The van der Waals surface area contributed by atoms with Crippen molar-refractivity contribution in [2.75, 3.05) is 19.8 Å². The summed E-state index contributed by atoms with van der Waals surface area (Å²) in [5.41, 5.74) is 2.85. The minimum Gasteiger partial charge on any atom is -0.362 e. The van der Waals surface area contributed by atoms with Gasteiger partial charge in [-0.2, -0.15) is 5.10 Å². The van der Waals surface area contributed by atoms with Crippen LogP contribution < -0.4 is 5.43 Å². The summed E-state index contributed by atoms with van der Waals surface area (Å²) in [5.74, 6) is 1.10. The molecule has 0 radical (unpaired) electrons. The molecule has 5 heteroatoms. The summed E-state index contributed by atoms with van der Waals surface area (Å²) in [7, 11) is 2.05. The lowest BCUT2D eigenvalue weighted by Crippen LogP contribution is -2.23. The predicted octanol–water partition coefficient (Wildman–Crippen LogP) is 1.26. The zero-order valence-corrected chi connectivity index (χ0v) is 8.97. The third kappa shape index (κ3) is 2.64. The van der Waals surface area contributed by atoms with Crippen molar-refractivity contribution in [2.24, 2.45) is 5.10 Å². The van der Waals surface area contributed by atoms with Gasteiger partial charge in [0, 0.05) is 20.0 Å². The van der Waals surface area contributed by atoms with Crippen molar-refractivity contribution >= 4 is 34.1 Å². The van der Waals surface area contributed by atoms with E-state index in [2.05, 4.69) is 22.5 Å². The molecule has 1 rings (SSSR count). The molecule has 0 bridgehead atoms. The quantitative estimate of drug-likeness (QED) is 0.513. The molecule has 0 atom stereocenters. The fourth-order valence-electron chi connectivity index (χ4n) is 1.09. The highest BCUT2D eigenvalue weighted by atomic mass is 32.2. The molecular formula is C7H13N3S2. The van der Waals surface area contributed by atoms with Crippen LogP contribution in [0.2, 0.25) is 0 Å². The Bertz CT molecular complexity index is 203. The van der Waals surface area contributed by atoms with Gasteiger partial charge in [0.25, 0.3) is 0 Å². The highest BCUT2D eigenvalue weighted by Crippen LogP contribution is 2.08. The number of amidine groups is 1. The Labute approximate surface area is 82.6 Å². The van der Waals surface area contributed by atoms with E-state index in [1.807, 2.05) is 6.26 Å². The van der Waals surface area contributed by atoms with E-state index in [-0.39, 0.29) is 0 Å². The Kier molecular flexibility index (Phi) is 3.81. The van der Waals surface area contributed by atoms with Gasteiger partial charge in [-0.1, -0.05) is 24.0 Å². The van der Waals surface area contributed by atoms with Gasteiger partial charge < -0.3 is 4.90 Å². The molecule has 3 nitrogen and oxygen atoms in total. The number of thioether (sulfide) groups is 1. The molecule has 68 valence electrons. The first-order valence-electron chi connectivity index (χ1n) is 3.85. The fourth-order valence-corrected chi connectivity index (χ4v) is 1.27. The number of rotatable bonds is 1. The molecule has 0 aromatic heterocycles. The summed E-state index contributed by atoms with van der Waals surface area (Å²) in [5, 5.41) is 4.21. The standard InChI is InChI=1S/C7H13N3S2/c1-10-5-3-4-6(10)8-9-7(11)12-2/h3-5H2,1-2H3,(H,9,11). The van der Waals surface area contributed by atoms with Crippen LogP contribution in [0.25, 0.3) is 0 Å². The van der Waals surface area contributed by atoms with Crippen molar-refractivity contribution in [2.45, 2.75) is 12.8 Å². The lowest BCUT2D eigenvalue weighted by molar-refractivity contribution is 0.546. The van der Waals surface area contributed by atoms with Gasteiger partial charge in [-0.25, -0.2) is 0 Å². The Hall–Kier alpha value is -0.290. The minimum absolute atomic E-state index is 0.725. The second-order valence-electron chi connectivity index (χ2n) is 2.66. The Balaban J connectivity index is 2.40. The molecule has 1 N–H and O–H groups in total. The summed E-state index contributed by atoms with van der Waals surface area (Å²) < 4.78 is 0.725. The van der Waals surface area contributed by atoms with Crippen LogP contribution in [0.3, 0.4) is 0 Å². The number of nitrogens with zero attached hydrogens (tertiary/aromatic N) is 2. The molecule has 0 aliphatic carbocycles. The SMILES string of the molecule is CSC(=S)NN=C1CCCN1C. The maximum Gasteiger partial charge on any atom is 0.153 e. The van der Waals surface area contributed by atoms with Crippen molar-refractivity contribution in [3.05, 3.63) is 0 Å². The molecule has 1 heterocycles. The van der Waals surface area contributed by atoms with Crippen LogP contribution in [-0.2, 0) is 0 Å². The van der Waals surface area contributed by atoms with E-state index in [1.54, 1.807) is 0 Å². The third-order valence-electron chi connectivity index (χ3n) is 1.80. The normalized spacial score (nSPS) is 20.2. The number of hydrogen-bond acceptors (Lipinski definition) is 3. The molecule has 0 unspecified atom stereocenters. The zero-order valence-electron chi connectivity index (χ0n) is 7.33. The summed E-state index contributed by atoms with van der Waals surface area (Å²) in [6.45, 7) is 1.10. The third-order valence-corrected chi connectivity index (χ3v) is 2.85. The van der Waals surface area contributed by atoms with Gasteiger partial charge in [0.15, 0.2) is 4.32 Å². The zero-order chi connectivity index (χ0) is 8.97. The summed E-state index contributed by atoms with van der Waals surface area (Å²) in [6.07, 6.45) is 4.19. The summed E-state index contributed by atoms with van der Waals surface area (Å²) >= 11 is 6.46.